The fourth-order valence-corrected chi connectivity index (χ4v) is 5.66. The van der Waals surface area contributed by atoms with Crippen LogP contribution in [-0.2, 0) is 16.6 Å². The number of aryl methyl sites for hydroxylation is 1. The molecule has 0 unspecified atom stereocenters. The van der Waals surface area contributed by atoms with Crippen molar-refractivity contribution < 1.29 is 13.2 Å². The van der Waals surface area contributed by atoms with Crippen LogP contribution < -0.4 is 9.52 Å². The first-order valence-electron chi connectivity index (χ1n) is 9.96. The highest BCUT2D eigenvalue weighted by atomic mass is 35.5. The zero-order chi connectivity index (χ0) is 23.6. The molecule has 4 rings (SSSR count). The maximum atomic E-state index is 13.1. The Morgan fingerprint density at radius 2 is 1.88 bits per heavy atom. The van der Waals surface area contributed by atoms with E-state index in [1.54, 1.807) is 42.5 Å². The molecule has 4 aromatic rings. The van der Waals surface area contributed by atoms with Gasteiger partial charge in [-0.3, -0.25) is 9.52 Å². The number of nitrogens with one attached hydrogen (secondary N) is 1. The van der Waals surface area contributed by atoms with Crippen molar-refractivity contribution >= 4 is 54.8 Å². The molecule has 0 saturated heterocycles. The Balaban J connectivity index is 1.75. The molecule has 1 N–H and O–H groups in total. The molecule has 0 aliphatic heterocycles. The topological polar surface area (TPSA) is 80.5 Å². The number of anilines is 1. The van der Waals surface area contributed by atoms with Crippen molar-refractivity contribution in [2.24, 2.45) is 4.99 Å². The highest BCUT2D eigenvalue weighted by Crippen LogP contribution is 2.24. The fraction of sp³-hybridized carbons (Fsp3) is 0.0833. The summed E-state index contributed by atoms with van der Waals surface area (Å²) in [5.74, 6) is -0.562. The number of rotatable bonds is 6. The van der Waals surface area contributed by atoms with Gasteiger partial charge in [0.25, 0.3) is 15.9 Å². The molecule has 0 atom stereocenters. The van der Waals surface area contributed by atoms with Crippen molar-refractivity contribution in [1.29, 1.82) is 0 Å². The number of benzene rings is 3. The third kappa shape index (κ3) is 4.93. The van der Waals surface area contributed by atoms with Crippen molar-refractivity contribution in [1.82, 2.24) is 4.57 Å². The van der Waals surface area contributed by atoms with Crippen LogP contribution in [0.4, 0.5) is 5.69 Å². The third-order valence-corrected chi connectivity index (χ3v) is 7.54. The van der Waals surface area contributed by atoms with Gasteiger partial charge in [0, 0.05) is 11.6 Å². The summed E-state index contributed by atoms with van der Waals surface area (Å²) < 4.78 is 31.0. The molecule has 1 heterocycles. The van der Waals surface area contributed by atoms with Gasteiger partial charge in [0.2, 0.25) is 0 Å². The summed E-state index contributed by atoms with van der Waals surface area (Å²) in [6, 6.07) is 18.3. The van der Waals surface area contributed by atoms with Gasteiger partial charge in [0.05, 0.1) is 26.4 Å². The number of amides is 1. The van der Waals surface area contributed by atoms with E-state index in [2.05, 4.69) is 16.3 Å². The van der Waals surface area contributed by atoms with E-state index in [4.69, 9.17) is 11.6 Å². The number of fused-ring (bicyclic) bond motifs is 1. The normalized spacial score (nSPS) is 12.1. The van der Waals surface area contributed by atoms with Crippen molar-refractivity contribution in [3.63, 3.8) is 0 Å². The van der Waals surface area contributed by atoms with Crippen LogP contribution in [0.3, 0.4) is 0 Å². The number of hydrogen-bond acceptors (Lipinski definition) is 4. The van der Waals surface area contributed by atoms with Crippen LogP contribution >= 0.6 is 22.9 Å². The predicted molar refractivity (Wildman–Crippen MR) is 133 cm³/mol. The standard InChI is InChI=1S/C24H20ClN3O3S2/c1-3-14-28-21-13-10-17(25)15-22(21)32-24(28)26-23(29)19-6-4-5-7-20(19)27-33(30,31)18-11-8-16(2)9-12-18/h3-13,15,27H,1,14H2,2H3. The lowest BCUT2D eigenvalue weighted by molar-refractivity contribution is 0.0998. The number of para-hydroxylation sites is 1. The van der Waals surface area contributed by atoms with Gasteiger partial charge in [0.15, 0.2) is 4.80 Å². The summed E-state index contributed by atoms with van der Waals surface area (Å²) in [4.78, 5) is 18.0. The van der Waals surface area contributed by atoms with Gasteiger partial charge in [-0.25, -0.2) is 8.42 Å². The predicted octanol–water partition coefficient (Wildman–Crippen LogP) is 5.39. The average Bonchev–Trinajstić information content (AvgIpc) is 3.10. The van der Waals surface area contributed by atoms with Crippen molar-refractivity contribution in [3.05, 3.63) is 100 Å². The van der Waals surface area contributed by atoms with Gasteiger partial charge >= 0.3 is 0 Å². The molecule has 168 valence electrons. The van der Waals surface area contributed by atoms with E-state index in [0.717, 1.165) is 15.8 Å². The van der Waals surface area contributed by atoms with E-state index in [1.165, 1.54) is 29.5 Å². The fourth-order valence-electron chi connectivity index (χ4n) is 3.26. The summed E-state index contributed by atoms with van der Waals surface area (Å²) in [5, 5.41) is 0.586. The molecule has 6 nitrogen and oxygen atoms in total. The Kier molecular flexibility index (Phi) is 6.51. The molecule has 0 radical (unpaired) electrons. The Morgan fingerprint density at radius 3 is 2.61 bits per heavy atom. The Morgan fingerprint density at radius 1 is 1.15 bits per heavy atom. The molecule has 0 aliphatic carbocycles. The molecule has 9 heteroatoms. The average molecular weight is 498 g/mol. The molecule has 0 bridgehead atoms. The zero-order valence-corrected chi connectivity index (χ0v) is 20.0. The van der Waals surface area contributed by atoms with Crippen LogP contribution in [0.2, 0.25) is 5.02 Å². The molecule has 0 saturated carbocycles. The van der Waals surface area contributed by atoms with E-state index < -0.39 is 15.9 Å². The van der Waals surface area contributed by atoms with E-state index in [1.807, 2.05) is 23.6 Å². The lowest BCUT2D eigenvalue weighted by Gasteiger charge is -2.11. The first-order chi connectivity index (χ1) is 15.8. The molecular weight excluding hydrogens is 478 g/mol. The van der Waals surface area contributed by atoms with Gasteiger partial charge in [0.1, 0.15) is 0 Å². The molecule has 33 heavy (non-hydrogen) atoms. The molecule has 3 aromatic carbocycles. The Bertz CT molecular complexity index is 1540. The highest BCUT2D eigenvalue weighted by Gasteiger charge is 2.19. The molecule has 0 spiro atoms. The number of thiazole rings is 1. The molecular formula is C24H20ClN3O3S2. The SMILES string of the molecule is C=CCn1c(=NC(=O)c2ccccc2NS(=O)(=O)c2ccc(C)cc2)sc2cc(Cl)ccc21. The number of aromatic nitrogens is 1. The summed E-state index contributed by atoms with van der Waals surface area (Å²) in [6.07, 6.45) is 1.72. The lowest BCUT2D eigenvalue weighted by atomic mass is 10.2. The van der Waals surface area contributed by atoms with Crippen LogP contribution in [-0.4, -0.2) is 18.9 Å². The number of hydrogen-bond donors (Lipinski definition) is 1. The van der Waals surface area contributed by atoms with Gasteiger partial charge in [-0.15, -0.1) is 6.58 Å². The zero-order valence-electron chi connectivity index (χ0n) is 17.7. The number of allylic oxidation sites excluding steroid dienone is 1. The summed E-state index contributed by atoms with van der Waals surface area (Å²) in [5.41, 5.74) is 2.13. The summed E-state index contributed by atoms with van der Waals surface area (Å²) >= 11 is 7.44. The minimum atomic E-state index is -3.88. The monoisotopic (exact) mass is 497 g/mol. The van der Waals surface area contributed by atoms with E-state index >= 15 is 0 Å². The molecule has 1 amide bonds. The number of carbonyl (C=O) groups excluding carboxylic acids is 1. The summed E-state index contributed by atoms with van der Waals surface area (Å²) in [6.45, 7) is 6.11. The third-order valence-electron chi connectivity index (χ3n) is 4.89. The quantitative estimate of drug-likeness (QED) is 0.362. The lowest BCUT2D eigenvalue weighted by Crippen LogP contribution is -2.18. The Labute approximate surface area is 200 Å². The van der Waals surface area contributed by atoms with Crippen molar-refractivity contribution in [2.75, 3.05) is 4.72 Å². The van der Waals surface area contributed by atoms with E-state index in [9.17, 15) is 13.2 Å². The number of sulfonamides is 1. The van der Waals surface area contributed by atoms with E-state index in [0.29, 0.717) is 16.4 Å². The van der Waals surface area contributed by atoms with Gasteiger partial charge in [-0.05, 0) is 49.4 Å². The van der Waals surface area contributed by atoms with Crippen LogP contribution in [0, 0.1) is 6.92 Å². The van der Waals surface area contributed by atoms with Crippen LogP contribution in [0.25, 0.3) is 10.2 Å². The van der Waals surface area contributed by atoms with Gasteiger partial charge in [-0.2, -0.15) is 4.99 Å². The Hall–Kier alpha value is -3.20. The number of halogens is 1. The summed E-state index contributed by atoms with van der Waals surface area (Å²) in [7, 11) is -3.88. The maximum Gasteiger partial charge on any atom is 0.281 e. The van der Waals surface area contributed by atoms with Crippen LogP contribution in [0.1, 0.15) is 15.9 Å². The minimum Gasteiger partial charge on any atom is -0.312 e. The molecule has 0 fully saturated rings. The maximum absolute atomic E-state index is 13.1. The van der Waals surface area contributed by atoms with Gasteiger partial charge < -0.3 is 4.57 Å². The van der Waals surface area contributed by atoms with E-state index in [-0.39, 0.29) is 16.1 Å². The van der Waals surface area contributed by atoms with Crippen molar-refractivity contribution in [3.8, 4) is 0 Å². The van der Waals surface area contributed by atoms with Gasteiger partial charge in [-0.1, -0.05) is 58.8 Å². The molecule has 1 aromatic heterocycles. The van der Waals surface area contributed by atoms with Crippen molar-refractivity contribution in [2.45, 2.75) is 18.4 Å². The number of carbonyl (C=O) groups is 1. The second-order valence-corrected chi connectivity index (χ2v) is 10.4. The van der Waals surface area contributed by atoms with Crippen LogP contribution in [0.15, 0.2) is 89.3 Å². The van der Waals surface area contributed by atoms with Crippen LogP contribution in [0.5, 0.6) is 0 Å². The largest absolute Gasteiger partial charge is 0.312 e. The smallest absolute Gasteiger partial charge is 0.281 e. The molecule has 0 aliphatic rings. The minimum absolute atomic E-state index is 0.109. The second-order valence-electron chi connectivity index (χ2n) is 7.28. The first kappa shape index (κ1) is 23.0. The number of nitrogens with zero attached hydrogens (tertiary/aromatic N) is 2. The second kappa shape index (κ2) is 9.35. The highest BCUT2D eigenvalue weighted by molar-refractivity contribution is 7.92. The first-order valence-corrected chi connectivity index (χ1v) is 12.6.